The summed E-state index contributed by atoms with van der Waals surface area (Å²) in [4.78, 5) is 17.0. The Kier molecular flexibility index (Phi) is 2.37. The van der Waals surface area contributed by atoms with E-state index < -0.39 is 0 Å². The van der Waals surface area contributed by atoms with Gasteiger partial charge in [0.15, 0.2) is 0 Å². The van der Waals surface area contributed by atoms with E-state index in [0.717, 1.165) is 16.4 Å². The Morgan fingerprint density at radius 2 is 2.35 bits per heavy atom. The SMILES string of the molecule is Nc1snnc1Cn1cnc2sccc2c1=O. The number of nitrogens with two attached hydrogens (primary N) is 1. The minimum Gasteiger partial charge on any atom is -0.388 e. The van der Waals surface area contributed by atoms with Gasteiger partial charge in [-0.1, -0.05) is 4.49 Å². The number of nitrogen functional groups attached to an aromatic ring is 1. The van der Waals surface area contributed by atoms with E-state index >= 15 is 0 Å². The van der Waals surface area contributed by atoms with Gasteiger partial charge in [-0.15, -0.1) is 16.4 Å². The molecule has 3 rings (SSSR count). The van der Waals surface area contributed by atoms with Crippen LogP contribution in [-0.4, -0.2) is 19.1 Å². The molecule has 0 saturated carbocycles. The van der Waals surface area contributed by atoms with Crippen LogP contribution >= 0.6 is 22.9 Å². The van der Waals surface area contributed by atoms with Gasteiger partial charge in [0.25, 0.3) is 5.56 Å². The van der Waals surface area contributed by atoms with E-state index in [0.29, 0.717) is 22.6 Å². The van der Waals surface area contributed by atoms with Gasteiger partial charge in [-0.25, -0.2) is 4.98 Å². The molecule has 3 heterocycles. The molecule has 0 bridgehead atoms. The van der Waals surface area contributed by atoms with Gasteiger partial charge < -0.3 is 5.73 Å². The largest absolute Gasteiger partial charge is 0.388 e. The third kappa shape index (κ3) is 1.71. The molecule has 0 aliphatic heterocycles. The molecular weight excluding hydrogens is 258 g/mol. The predicted octanol–water partition coefficient (Wildman–Crippen LogP) is 0.940. The lowest BCUT2D eigenvalue weighted by atomic mass is 10.4. The molecule has 0 spiro atoms. The summed E-state index contributed by atoms with van der Waals surface area (Å²) in [5.41, 5.74) is 6.22. The zero-order chi connectivity index (χ0) is 11.8. The average Bonchev–Trinajstić information content (AvgIpc) is 2.92. The molecule has 17 heavy (non-hydrogen) atoms. The van der Waals surface area contributed by atoms with Crippen LogP contribution in [0.1, 0.15) is 5.69 Å². The summed E-state index contributed by atoms with van der Waals surface area (Å²) in [6.45, 7) is 0.306. The number of thiophene rings is 1. The van der Waals surface area contributed by atoms with Gasteiger partial charge in [0, 0.05) is 11.5 Å². The molecule has 0 unspecified atom stereocenters. The second-order valence-electron chi connectivity index (χ2n) is 3.40. The molecule has 0 radical (unpaired) electrons. The number of hydrogen-bond acceptors (Lipinski definition) is 7. The highest BCUT2D eigenvalue weighted by atomic mass is 32.1. The fourth-order valence-electron chi connectivity index (χ4n) is 1.49. The normalized spacial score (nSPS) is 11.1. The number of hydrogen-bond donors (Lipinski definition) is 1. The van der Waals surface area contributed by atoms with Crippen LogP contribution in [0.15, 0.2) is 22.6 Å². The summed E-state index contributed by atoms with van der Waals surface area (Å²) in [5, 5.41) is 6.88. The van der Waals surface area contributed by atoms with Crippen molar-refractivity contribution in [3.8, 4) is 0 Å². The average molecular weight is 265 g/mol. The number of rotatable bonds is 2. The number of fused-ring (bicyclic) bond motifs is 1. The minimum atomic E-state index is -0.0800. The van der Waals surface area contributed by atoms with E-state index in [1.807, 2.05) is 5.38 Å². The Labute approximate surface area is 104 Å². The molecule has 0 amide bonds. The molecule has 6 nitrogen and oxygen atoms in total. The molecule has 3 aromatic heterocycles. The van der Waals surface area contributed by atoms with Crippen LogP contribution in [-0.2, 0) is 6.54 Å². The lowest BCUT2D eigenvalue weighted by Crippen LogP contribution is -2.21. The first-order valence-electron chi connectivity index (χ1n) is 4.75. The van der Waals surface area contributed by atoms with Gasteiger partial charge in [-0.3, -0.25) is 9.36 Å². The summed E-state index contributed by atoms with van der Waals surface area (Å²) < 4.78 is 5.22. The van der Waals surface area contributed by atoms with Crippen molar-refractivity contribution in [3.05, 3.63) is 33.8 Å². The van der Waals surface area contributed by atoms with Gasteiger partial charge in [0.2, 0.25) is 0 Å². The molecule has 0 atom stereocenters. The first kappa shape index (κ1) is 10.4. The summed E-state index contributed by atoms with van der Waals surface area (Å²) in [6.07, 6.45) is 1.51. The molecule has 3 aromatic rings. The Hall–Kier alpha value is -1.80. The summed E-state index contributed by atoms with van der Waals surface area (Å²) in [5.74, 6) is 0. The fourth-order valence-corrected chi connectivity index (χ4v) is 2.65. The van der Waals surface area contributed by atoms with Crippen molar-refractivity contribution in [2.24, 2.45) is 0 Å². The van der Waals surface area contributed by atoms with Crippen LogP contribution in [0.3, 0.4) is 0 Å². The number of anilines is 1. The Bertz CT molecular complexity index is 728. The van der Waals surface area contributed by atoms with E-state index in [1.54, 1.807) is 6.07 Å². The van der Waals surface area contributed by atoms with Crippen molar-refractivity contribution < 1.29 is 0 Å². The summed E-state index contributed by atoms with van der Waals surface area (Å²) in [7, 11) is 0. The third-order valence-electron chi connectivity index (χ3n) is 2.36. The Morgan fingerprint density at radius 3 is 3.12 bits per heavy atom. The molecule has 0 fully saturated rings. The number of nitrogens with zero attached hydrogens (tertiary/aromatic N) is 4. The molecule has 0 aliphatic rings. The van der Waals surface area contributed by atoms with Gasteiger partial charge in [0.05, 0.1) is 18.3 Å². The van der Waals surface area contributed by atoms with Crippen LogP contribution in [0.5, 0.6) is 0 Å². The molecule has 8 heteroatoms. The van der Waals surface area contributed by atoms with Crippen molar-refractivity contribution in [1.29, 1.82) is 0 Å². The molecular formula is C9H7N5OS2. The predicted molar refractivity (Wildman–Crippen MR) is 67.3 cm³/mol. The van der Waals surface area contributed by atoms with Crippen molar-refractivity contribution >= 4 is 38.1 Å². The van der Waals surface area contributed by atoms with Crippen LogP contribution in [0.25, 0.3) is 10.2 Å². The Morgan fingerprint density at radius 1 is 1.47 bits per heavy atom. The summed E-state index contributed by atoms with van der Waals surface area (Å²) in [6, 6.07) is 1.77. The summed E-state index contributed by atoms with van der Waals surface area (Å²) >= 11 is 2.56. The first-order chi connectivity index (χ1) is 8.25. The maximum Gasteiger partial charge on any atom is 0.262 e. The van der Waals surface area contributed by atoms with Crippen LogP contribution in [0.4, 0.5) is 5.00 Å². The molecule has 0 aromatic carbocycles. The van der Waals surface area contributed by atoms with Crippen molar-refractivity contribution in [1.82, 2.24) is 19.1 Å². The van der Waals surface area contributed by atoms with Crippen LogP contribution in [0, 0.1) is 0 Å². The minimum absolute atomic E-state index is 0.0800. The highest BCUT2D eigenvalue weighted by Gasteiger charge is 2.09. The zero-order valence-electron chi connectivity index (χ0n) is 8.53. The van der Waals surface area contributed by atoms with Crippen molar-refractivity contribution in [3.63, 3.8) is 0 Å². The van der Waals surface area contributed by atoms with Gasteiger partial charge >= 0.3 is 0 Å². The van der Waals surface area contributed by atoms with E-state index in [-0.39, 0.29) is 5.56 Å². The standard InChI is InChI=1S/C9H7N5OS2/c10-7-6(12-13-17-7)3-14-4-11-8-5(9(14)15)1-2-16-8/h1-2,4H,3,10H2. The van der Waals surface area contributed by atoms with E-state index in [2.05, 4.69) is 14.6 Å². The molecule has 86 valence electrons. The van der Waals surface area contributed by atoms with Crippen molar-refractivity contribution in [2.45, 2.75) is 6.54 Å². The van der Waals surface area contributed by atoms with E-state index in [4.69, 9.17) is 5.73 Å². The Balaban J connectivity index is 2.09. The van der Waals surface area contributed by atoms with Gasteiger partial charge in [-0.2, -0.15) is 0 Å². The van der Waals surface area contributed by atoms with E-state index in [1.165, 1.54) is 22.2 Å². The third-order valence-corrected chi connectivity index (χ3v) is 3.77. The molecule has 2 N–H and O–H groups in total. The second-order valence-corrected chi connectivity index (χ2v) is 5.08. The maximum absolute atomic E-state index is 12.1. The smallest absolute Gasteiger partial charge is 0.262 e. The number of aromatic nitrogens is 4. The fraction of sp³-hybridized carbons (Fsp3) is 0.111. The van der Waals surface area contributed by atoms with Crippen molar-refractivity contribution in [2.75, 3.05) is 5.73 Å². The van der Waals surface area contributed by atoms with E-state index in [9.17, 15) is 4.79 Å². The lowest BCUT2D eigenvalue weighted by Gasteiger charge is -2.02. The molecule has 0 saturated heterocycles. The second kappa shape index (κ2) is 3.90. The van der Waals surface area contributed by atoms with Crippen LogP contribution in [0.2, 0.25) is 0 Å². The molecule has 0 aliphatic carbocycles. The van der Waals surface area contributed by atoms with Crippen LogP contribution < -0.4 is 11.3 Å². The quantitative estimate of drug-likeness (QED) is 0.745. The maximum atomic E-state index is 12.1. The van der Waals surface area contributed by atoms with Gasteiger partial charge in [-0.05, 0) is 11.4 Å². The lowest BCUT2D eigenvalue weighted by molar-refractivity contribution is 0.728. The highest BCUT2D eigenvalue weighted by molar-refractivity contribution is 7.16. The first-order valence-corrected chi connectivity index (χ1v) is 6.40. The zero-order valence-corrected chi connectivity index (χ0v) is 10.2. The van der Waals surface area contributed by atoms with Gasteiger partial charge in [0.1, 0.15) is 15.5 Å². The monoisotopic (exact) mass is 265 g/mol. The highest BCUT2D eigenvalue weighted by Crippen LogP contribution is 2.15. The topological polar surface area (TPSA) is 86.7 Å².